The van der Waals surface area contributed by atoms with Crippen LogP contribution in [0.15, 0.2) is 16.6 Å². The lowest BCUT2D eigenvalue weighted by Crippen LogP contribution is -2.22. The second kappa shape index (κ2) is 5.22. The van der Waals surface area contributed by atoms with E-state index in [-0.39, 0.29) is 0 Å². The van der Waals surface area contributed by atoms with Crippen LogP contribution in [0, 0.1) is 13.8 Å². The summed E-state index contributed by atoms with van der Waals surface area (Å²) in [6.45, 7) is 4.31. The molecule has 0 atom stereocenters. The lowest BCUT2D eigenvalue weighted by atomic mass is 9.95. The molecule has 1 aliphatic rings. The zero-order chi connectivity index (χ0) is 11.5. The maximum Gasteiger partial charge on any atom is 0.0348 e. The normalized spacial score (nSPS) is 17.4. The van der Waals surface area contributed by atoms with Gasteiger partial charge in [0.15, 0.2) is 0 Å². The number of nitrogens with one attached hydrogen (secondary N) is 1. The highest BCUT2D eigenvalue weighted by atomic mass is 79.9. The average molecular weight is 282 g/mol. The molecule has 0 aliphatic heterocycles. The first-order valence-corrected chi connectivity index (χ1v) is 6.99. The van der Waals surface area contributed by atoms with Crippen LogP contribution >= 0.6 is 15.9 Å². The van der Waals surface area contributed by atoms with E-state index in [9.17, 15) is 0 Å². The maximum atomic E-state index is 3.67. The van der Waals surface area contributed by atoms with E-state index in [0.29, 0.717) is 6.04 Å². The van der Waals surface area contributed by atoms with Gasteiger partial charge in [0.05, 0.1) is 0 Å². The van der Waals surface area contributed by atoms with Crippen molar-refractivity contribution in [2.45, 2.75) is 52.0 Å². The second-order valence-corrected chi connectivity index (χ2v) is 5.70. The molecule has 1 fully saturated rings. The number of rotatable bonds is 2. The summed E-state index contributed by atoms with van der Waals surface area (Å²) in [5.74, 6) is 0. The largest absolute Gasteiger partial charge is 0.382 e. The quantitative estimate of drug-likeness (QED) is 0.820. The van der Waals surface area contributed by atoms with E-state index in [1.54, 1.807) is 0 Å². The summed E-state index contributed by atoms with van der Waals surface area (Å²) >= 11 is 3.61. The smallest absolute Gasteiger partial charge is 0.0348 e. The zero-order valence-corrected chi connectivity index (χ0v) is 11.7. The third-order valence-electron chi connectivity index (χ3n) is 3.41. The molecule has 88 valence electrons. The minimum Gasteiger partial charge on any atom is -0.382 e. The Hall–Kier alpha value is -0.500. The molecule has 0 spiro atoms. The topological polar surface area (TPSA) is 12.0 Å². The van der Waals surface area contributed by atoms with Crippen LogP contribution in [0.5, 0.6) is 0 Å². The molecule has 1 aliphatic carbocycles. The summed E-state index contributed by atoms with van der Waals surface area (Å²) in [7, 11) is 0. The van der Waals surface area contributed by atoms with Gasteiger partial charge in [0.25, 0.3) is 0 Å². The number of aryl methyl sites for hydroxylation is 2. The van der Waals surface area contributed by atoms with E-state index >= 15 is 0 Å². The first kappa shape index (κ1) is 12.0. The molecule has 1 saturated carbocycles. The Morgan fingerprint density at radius 2 is 1.62 bits per heavy atom. The van der Waals surface area contributed by atoms with E-state index in [1.165, 1.54) is 53.4 Å². The molecule has 0 saturated heterocycles. The van der Waals surface area contributed by atoms with Crippen molar-refractivity contribution >= 4 is 21.6 Å². The van der Waals surface area contributed by atoms with Crippen LogP contribution in [0.25, 0.3) is 0 Å². The van der Waals surface area contributed by atoms with Gasteiger partial charge < -0.3 is 5.32 Å². The van der Waals surface area contributed by atoms with Crippen LogP contribution in [0.3, 0.4) is 0 Å². The van der Waals surface area contributed by atoms with Crippen LogP contribution in [-0.2, 0) is 0 Å². The fourth-order valence-corrected chi connectivity index (χ4v) is 2.74. The minimum absolute atomic E-state index is 0.689. The van der Waals surface area contributed by atoms with Crippen molar-refractivity contribution < 1.29 is 0 Å². The predicted octanol–water partition coefficient (Wildman–Crippen LogP) is 4.81. The minimum atomic E-state index is 0.689. The molecule has 2 rings (SSSR count). The Morgan fingerprint density at radius 3 is 2.19 bits per heavy atom. The summed E-state index contributed by atoms with van der Waals surface area (Å²) in [4.78, 5) is 0. The summed E-state index contributed by atoms with van der Waals surface area (Å²) in [5.41, 5.74) is 3.92. The van der Waals surface area contributed by atoms with Crippen LogP contribution in [-0.4, -0.2) is 6.04 Å². The molecule has 1 nitrogen and oxygen atoms in total. The Bertz CT molecular complexity index is 344. The molecule has 0 unspecified atom stereocenters. The van der Waals surface area contributed by atoms with Gasteiger partial charge in [-0.1, -0.05) is 35.2 Å². The zero-order valence-electron chi connectivity index (χ0n) is 10.1. The lowest BCUT2D eigenvalue weighted by Gasteiger charge is -2.24. The summed E-state index contributed by atoms with van der Waals surface area (Å²) in [5, 5.41) is 3.67. The molecule has 16 heavy (non-hydrogen) atoms. The van der Waals surface area contributed by atoms with Gasteiger partial charge in [0.1, 0.15) is 0 Å². The molecule has 1 aromatic carbocycles. The monoisotopic (exact) mass is 281 g/mol. The molecule has 1 N–H and O–H groups in total. The molecule has 0 heterocycles. The van der Waals surface area contributed by atoms with Gasteiger partial charge in [-0.25, -0.2) is 0 Å². The standard InChI is InChI=1S/C14H20BrN/c1-10-8-13(9-11(2)14(10)15)16-12-6-4-3-5-7-12/h8-9,12,16H,3-7H2,1-2H3. The first-order valence-electron chi connectivity index (χ1n) is 6.20. The van der Waals surface area contributed by atoms with Gasteiger partial charge in [0.2, 0.25) is 0 Å². The van der Waals surface area contributed by atoms with Gasteiger partial charge in [0, 0.05) is 16.2 Å². The fourth-order valence-electron chi connectivity index (χ4n) is 2.51. The number of benzene rings is 1. The summed E-state index contributed by atoms with van der Waals surface area (Å²) < 4.78 is 1.24. The van der Waals surface area contributed by atoms with Gasteiger partial charge in [-0.2, -0.15) is 0 Å². The molecule has 0 amide bonds. The van der Waals surface area contributed by atoms with Crippen LogP contribution in [0.4, 0.5) is 5.69 Å². The van der Waals surface area contributed by atoms with Crippen molar-refractivity contribution in [2.75, 3.05) is 5.32 Å². The van der Waals surface area contributed by atoms with E-state index in [4.69, 9.17) is 0 Å². The molecule has 0 aromatic heterocycles. The number of hydrogen-bond acceptors (Lipinski definition) is 1. The number of anilines is 1. The Balaban J connectivity index is 2.09. The van der Waals surface area contributed by atoms with E-state index in [2.05, 4.69) is 47.2 Å². The molecular formula is C14H20BrN. The maximum absolute atomic E-state index is 3.67. The van der Waals surface area contributed by atoms with Gasteiger partial charge in [-0.15, -0.1) is 0 Å². The van der Waals surface area contributed by atoms with Gasteiger partial charge in [-0.3, -0.25) is 0 Å². The van der Waals surface area contributed by atoms with Crippen LogP contribution in [0.2, 0.25) is 0 Å². The Kier molecular flexibility index (Phi) is 3.91. The van der Waals surface area contributed by atoms with E-state index < -0.39 is 0 Å². The SMILES string of the molecule is Cc1cc(NC2CCCCC2)cc(C)c1Br. The Labute approximate surface area is 107 Å². The molecule has 0 radical (unpaired) electrons. The van der Waals surface area contributed by atoms with Gasteiger partial charge in [-0.05, 0) is 49.9 Å². The summed E-state index contributed by atoms with van der Waals surface area (Å²) in [6, 6.07) is 5.17. The van der Waals surface area contributed by atoms with Crippen molar-refractivity contribution in [1.29, 1.82) is 0 Å². The van der Waals surface area contributed by atoms with E-state index in [0.717, 1.165) is 0 Å². The molecular weight excluding hydrogens is 262 g/mol. The Morgan fingerprint density at radius 1 is 1.06 bits per heavy atom. The van der Waals surface area contributed by atoms with Crippen molar-refractivity contribution in [3.05, 3.63) is 27.7 Å². The molecule has 0 bridgehead atoms. The highest BCUT2D eigenvalue weighted by Crippen LogP contribution is 2.27. The van der Waals surface area contributed by atoms with Crippen LogP contribution < -0.4 is 5.32 Å². The van der Waals surface area contributed by atoms with Crippen molar-refractivity contribution in [1.82, 2.24) is 0 Å². The van der Waals surface area contributed by atoms with Crippen molar-refractivity contribution in [3.63, 3.8) is 0 Å². The average Bonchev–Trinajstić information content (AvgIpc) is 2.27. The number of hydrogen-bond donors (Lipinski definition) is 1. The lowest BCUT2D eigenvalue weighted by molar-refractivity contribution is 0.462. The predicted molar refractivity (Wildman–Crippen MR) is 74.1 cm³/mol. The number of halogens is 1. The van der Waals surface area contributed by atoms with E-state index in [1.807, 2.05) is 0 Å². The highest BCUT2D eigenvalue weighted by molar-refractivity contribution is 9.10. The third-order valence-corrected chi connectivity index (χ3v) is 4.66. The van der Waals surface area contributed by atoms with Crippen molar-refractivity contribution in [3.8, 4) is 0 Å². The highest BCUT2D eigenvalue weighted by Gasteiger charge is 2.13. The van der Waals surface area contributed by atoms with Gasteiger partial charge >= 0.3 is 0 Å². The molecule has 2 heteroatoms. The second-order valence-electron chi connectivity index (χ2n) is 4.90. The first-order chi connectivity index (χ1) is 7.66. The van der Waals surface area contributed by atoms with Crippen molar-refractivity contribution in [2.24, 2.45) is 0 Å². The van der Waals surface area contributed by atoms with Crippen LogP contribution in [0.1, 0.15) is 43.2 Å². The summed E-state index contributed by atoms with van der Waals surface area (Å²) in [6.07, 6.45) is 6.83. The third kappa shape index (κ3) is 2.79. The molecule has 1 aromatic rings. The fraction of sp³-hybridized carbons (Fsp3) is 0.571.